The number of hydrogen-bond donors (Lipinski definition) is 0. The molecule has 1 aliphatic carbocycles. The van der Waals surface area contributed by atoms with E-state index in [1.54, 1.807) is 0 Å². The molecule has 2 aliphatic heterocycles. The largest absolute Gasteiger partial charge is 0.456 e. The molecule has 0 radical (unpaired) electrons. The Balaban J connectivity index is 1.08. The number of para-hydroxylation sites is 8. The van der Waals surface area contributed by atoms with Crippen molar-refractivity contribution in [3.63, 3.8) is 0 Å². The van der Waals surface area contributed by atoms with Crippen LogP contribution in [0.3, 0.4) is 0 Å². The van der Waals surface area contributed by atoms with E-state index in [2.05, 4.69) is 157 Å². The molecule has 274 valence electrons. The zero-order valence-electron chi connectivity index (χ0n) is 31.8. The molecule has 0 unspecified atom stereocenters. The number of furan rings is 1. The molecule has 13 rings (SSSR count). The Kier molecular flexibility index (Phi) is 6.17. The third-order valence-electron chi connectivity index (χ3n) is 12.6. The van der Waals surface area contributed by atoms with E-state index in [1.165, 1.54) is 38.4 Å². The summed E-state index contributed by atoms with van der Waals surface area (Å²) in [5.41, 5.74) is 12.7. The van der Waals surface area contributed by atoms with Gasteiger partial charge < -0.3 is 23.7 Å². The van der Waals surface area contributed by atoms with Crippen molar-refractivity contribution in [2.24, 2.45) is 0 Å². The lowest BCUT2D eigenvalue weighted by Gasteiger charge is -2.34. The number of fused-ring (bicyclic) bond motifs is 15. The maximum absolute atomic E-state index is 6.99. The Morgan fingerprint density at radius 2 is 0.845 bits per heavy atom. The highest BCUT2D eigenvalue weighted by Gasteiger charge is 2.41. The summed E-state index contributed by atoms with van der Waals surface area (Å²) in [5.74, 6) is 3.33. The minimum absolute atomic E-state index is 0.368. The van der Waals surface area contributed by atoms with Crippen LogP contribution in [0, 0.1) is 0 Å². The third-order valence-corrected chi connectivity index (χ3v) is 12.6. The standard InChI is InChI=1S/C53H34N2O3/c1-53(2)36-29-41(54-37-19-7-11-23-43(37)56-44-24-12-8-20-38(44)54)31-15-3-5-17-33(31)49(36)35-27-28-47-51(52(35)53)50-34-18-6-4-16-32(34)42(30-48(50)58-47)55-39-21-9-13-25-45(39)57-46-26-14-10-22-40(46)55/h3-30H,1-2H3. The van der Waals surface area contributed by atoms with Gasteiger partial charge in [0.05, 0.1) is 34.1 Å². The molecule has 0 saturated carbocycles. The molecular formula is C53H34N2O3. The van der Waals surface area contributed by atoms with Crippen molar-refractivity contribution in [3.8, 4) is 34.1 Å². The highest BCUT2D eigenvalue weighted by Crippen LogP contribution is 2.60. The van der Waals surface area contributed by atoms with Gasteiger partial charge >= 0.3 is 0 Å². The third kappa shape index (κ3) is 4.09. The van der Waals surface area contributed by atoms with E-state index in [0.29, 0.717) is 0 Å². The minimum atomic E-state index is -0.368. The van der Waals surface area contributed by atoms with Crippen LogP contribution in [0.2, 0.25) is 0 Å². The summed E-state index contributed by atoms with van der Waals surface area (Å²) in [6.45, 7) is 4.77. The van der Waals surface area contributed by atoms with Crippen LogP contribution in [-0.4, -0.2) is 0 Å². The predicted molar refractivity (Wildman–Crippen MR) is 236 cm³/mol. The van der Waals surface area contributed by atoms with Crippen LogP contribution in [0.1, 0.15) is 25.0 Å². The normalized spacial score (nSPS) is 14.4. The van der Waals surface area contributed by atoms with Crippen LogP contribution in [0.4, 0.5) is 34.1 Å². The average molecular weight is 747 g/mol. The van der Waals surface area contributed by atoms with Crippen molar-refractivity contribution in [2.75, 3.05) is 9.80 Å². The maximum atomic E-state index is 6.99. The van der Waals surface area contributed by atoms with Gasteiger partial charge in [-0.2, -0.15) is 0 Å². The van der Waals surface area contributed by atoms with Gasteiger partial charge in [0, 0.05) is 33.0 Å². The van der Waals surface area contributed by atoms with Gasteiger partial charge in [0.15, 0.2) is 23.0 Å². The second-order valence-electron chi connectivity index (χ2n) is 16.0. The summed E-state index contributed by atoms with van der Waals surface area (Å²) in [5, 5.41) is 7.03. The Morgan fingerprint density at radius 3 is 1.40 bits per heavy atom. The predicted octanol–water partition coefficient (Wildman–Crippen LogP) is 15.3. The quantitative estimate of drug-likeness (QED) is 0.176. The van der Waals surface area contributed by atoms with E-state index in [4.69, 9.17) is 13.9 Å². The second-order valence-corrected chi connectivity index (χ2v) is 16.0. The first-order valence-electron chi connectivity index (χ1n) is 19.8. The summed E-state index contributed by atoms with van der Waals surface area (Å²) in [6.07, 6.45) is 0. The Hall–Kier alpha value is -7.50. The number of ether oxygens (including phenoxy) is 2. The molecule has 0 spiro atoms. The van der Waals surface area contributed by atoms with Gasteiger partial charge in [0.2, 0.25) is 0 Å². The van der Waals surface area contributed by atoms with Gasteiger partial charge in [0.25, 0.3) is 0 Å². The molecule has 0 bridgehead atoms. The topological polar surface area (TPSA) is 38.1 Å². The van der Waals surface area contributed by atoms with Crippen molar-refractivity contribution < 1.29 is 13.9 Å². The van der Waals surface area contributed by atoms with E-state index >= 15 is 0 Å². The molecule has 0 fully saturated rings. The summed E-state index contributed by atoms with van der Waals surface area (Å²) in [6, 6.07) is 60.0. The van der Waals surface area contributed by atoms with Crippen molar-refractivity contribution in [1.82, 2.24) is 0 Å². The SMILES string of the molecule is CC1(C)c2cc(N3c4ccccc4Oc4ccccc43)c3ccccc3c2-c2ccc3oc4cc(N5c6ccccc6Oc6ccccc65)c5ccccc5c4c3c21. The lowest BCUT2D eigenvalue weighted by molar-refractivity contribution is 0.477. The minimum Gasteiger partial charge on any atom is -0.456 e. The molecule has 0 amide bonds. The van der Waals surface area contributed by atoms with Crippen molar-refractivity contribution in [1.29, 1.82) is 0 Å². The van der Waals surface area contributed by atoms with E-state index in [0.717, 1.165) is 84.4 Å². The number of rotatable bonds is 2. The van der Waals surface area contributed by atoms with Gasteiger partial charge in [-0.3, -0.25) is 0 Å². The molecule has 9 aromatic carbocycles. The molecule has 0 saturated heterocycles. The maximum Gasteiger partial charge on any atom is 0.151 e. The molecule has 0 N–H and O–H groups in total. The molecule has 58 heavy (non-hydrogen) atoms. The van der Waals surface area contributed by atoms with Crippen LogP contribution in [-0.2, 0) is 5.41 Å². The first-order valence-corrected chi connectivity index (χ1v) is 19.8. The van der Waals surface area contributed by atoms with E-state index in [9.17, 15) is 0 Å². The second kappa shape index (κ2) is 11.3. The van der Waals surface area contributed by atoms with Crippen LogP contribution in [0.15, 0.2) is 174 Å². The summed E-state index contributed by atoms with van der Waals surface area (Å²) in [7, 11) is 0. The lowest BCUT2D eigenvalue weighted by atomic mass is 9.79. The molecule has 0 atom stereocenters. The number of anilines is 6. The van der Waals surface area contributed by atoms with Crippen molar-refractivity contribution in [2.45, 2.75) is 19.3 Å². The number of nitrogens with zero attached hydrogens (tertiary/aromatic N) is 2. The summed E-state index contributed by atoms with van der Waals surface area (Å²) in [4.78, 5) is 4.71. The fourth-order valence-electron chi connectivity index (χ4n) is 10.1. The van der Waals surface area contributed by atoms with E-state index in [1.807, 2.05) is 36.4 Å². The molecule has 5 nitrogen and oxygen atoms in total. The summed E-state index contributed by atoms with van der Waals surface area (Å²) >= 11 is 0. The van der Waals surface area contributed by atoms with Crippen LogP contribution in [0.5, 0.6) is 23.0 Å². The number of benzene rings is 9. The molecule has 5 heteroatoms. The summed E-state index contributed by atoms with van der Waals surface area (Å²) < 4.78 is 19.9. The fraction of sp³-hybridized carbons (Fsp3) is 0.0566. The van der Waals surface area contributed by atoms with Gasteiger partial charge in [-0.25, -0.2) is 0 Å². The lowest BCUT2D eigenvalue weighted by Crippen LogP contribution is -2.19. The van der Waals surface area contributed by atoms with E-state index < -0.39 is 0 Å². The first-order chi connectivity index (χ1) is 28.5. The molecular weight excluding hydrogens is 713 g/mol. The van der Waals surface area contributed by atoms with Crippen LogP contribution < -0.4 is 19.3 Å². The highest BCUT2D eigenvalue weighted by molar-refractivity contribution is 6.25. The molecule has 1 aromatic heterocycles. The number of hydrogen-bond acceptors (Lipinski definition) is 5. The zero-order valence-corrected chi connectivity index (χ0v) is 31.8. The first kappa shape index (κ1) is 31.7. The monoisotopic (exact) mass is 746 g/mol. The zero-order chi connectivity index (χ0) is 38.3. The highest BCUT2D eigenvalue weighted by atomic mass is 16.5. The van der Waals surface area contributed by atoms with Gasteiger partial charge in [-0.15, -0.1) is 0 Å². The smallest absolute Gasteiger partial charge is 0.151 e. The Bertz CT molecular complexity index is 3320. The van der Waals surface area contributed by atoms with Gasteiger partial charge in [0.1, 0.15) is 11.2 Å². The fourth-order valence-corrected chi connectivity index (χ4v) is 10.1. The molecule has 3 aliphatic rings. The van der Waals surface area contributed by atoms with Crippen molar-refractivity contribution >= 4 is 77.6 Å². The molecule has 10 aromatic rings. The Labute approximate surface area is 334 Å². The average Bonchev–Trinajstić information content (AvgIpc) is 3.75. The van der Waals surface area contributed by atoms with Crippen LogP contribution >= 0.6 is 0 Å². The van der Waals surface area contributed by atoms with E-state index in [-0.39, 0.29) is 5.41 Å². The van der Waals surface area contributed by atoms with Gasteiger partial charge in [-0.1, -0.05) is 117 Å². The molecule has 3 heterocycles. The van der Waals surface area contributed by atoms with Gasteiger partial charge in [-0.05, 0) is 93.7 Å². The van der Waals surface area contributed by atoms with Crippen molar-refractivity contribution in [3.05, 3.63) is 181 Å². The van der Waals surface area contributed by atoms with Crippen LogP contribution in [0.25, 0.3) is 54.6 Å². The Morgan fingerprint density at radius 1 is 0.397 bits per heavy atom.